The Balaban J connectivity index is 1.68. The van der Waals surface area contributed by atoms with E-state index in [0.29, 0.717) is 37.2 Å². The van der Waals surface area contributed by atoms with Crippen molar-refractivity contribution >= 4 is 29.4 Å². The number of urea groups is 1. The van der Waals surface area contributed by atoms with E-state index in [9.17, 15) is 19.2 Å². The SMILES string of the molecule is CC(=O)Nc1cccc(C(=O)N2CCC3(CC2)NC(=O)NC3=O)c1. The van der Waals surface area contributed by atoms with Gasteiger partial charge in [0.1, 0.15) is 5.54 Å². The summed E-state index contributed by atoms with van der Waals surface area (Å²) >= 11 is 0. The van der Waals surface area contributed by atoms with Crippen LogP contribution in [0, 0.1) is 0 Å². The molecular formula is C16H18N4O4. The first-order valence-corrected chi connectivity index (χ1v) is 7.70. The van der Waals surface area contributed by atoms with Crippen molar-refractivity contribution in [1.82, 2.24) is 15.5 Å². The van der Waals surface area contributed by atoms with Crippen LogP contribution in [0.2, 0.25) is 0 Å². The van der Waals surface area contributed by atoms with Crippen LogP contribution in [0.1, 0.15) is 30.1 Å². The van der Waals surface area contributed by atoms with Gasteiger partial charge in [-0.1, -0.05) is 6.07 Å². The maximum atomic E-state index is 12.6. The molecule has 0 aliphatic carbocycles. The van der Waals surface area contributed by atoms with E-state index in [1.54, 1.807) is 29.2 Å². The average Bonchev–Trinajstić information content (AvgIpc) is 2.80. The van der Waals surface area contributed by atoms with Gasteiger partial charge in [0.15, 0.2) is 0 Å². The van der Waals surface area contributed by atoms with Gasteiger partial charge in [0.05, 0.1) is 0 Å². The van der Waals surface area contributed by atoms with Gasteiger partial charge in [-0.05, 0) is 31.0 Å². The van der Waals surface area contributed by atoms with Gasteiger partial charge in [-0.2, -0.15) is 0 Å². The zero-order chi connectivity index (χ0) is 17.3. The number of benzene rings is 1. The molecule has 1 aromatic rings. The Kier molecular flexibility index (Phi) is 3.96. The van der Waals surface area contributed by atoms with Crippen LogP contribution in [0.4, 0.5) is 10.5 Å². The van der Waals surface area contributed by atoms with Crippen molar-refractivity contribution in [2.75, 3.05) is 18.4 Å². The molecule has 0 aromatic heterocycles. The third kappa shape index (κ3) is 2.94. The molecule has 8 nitrogen and oxygen atoms in total. The minimum Gasteiger partial charge on any atom is -0.338 e. The Hall–Kier alpha value is -2.90. The van der Waals surface area contributed by atoms with Gasteiger partial charge >= 0.3 is 6.03 Å². The first-order valence-electron chi connectivity index (χ1n) is 7.70. The summed E-state index contributed by atoms with van der Waals surface area (Å²) in [6.45, 7) is 2.15. The van der Waals surface area contributed by atoms with Crippen molar-refractivity contribution in [3.05, 3.63) is 29.8 Å². The fourth-order valence-corrected chi connectivity index (χ4v) is 3.09. The quantitative estimate of drug-likeness (QED) is 0.685. The second-order valence-electron chi connectivity index (χ2n) is 6.04. The molecule has 0 radical (unpaired) electrons. The molecule has 0 atom stereocenters. The molecule has 3 N–H and O–H groups in total. The van der Waals surface area contributed by atoms with Crippen molar-refractivity contribution < 1.29 is 19.2 Å². The summed E-state index contributed by atoms with van der Waals surface area (Å²) in [5, 5.41) is 7.55. The number of piperidine rings is 1. The van der Waals surface area contributed by atoms with Gasteiger partial charge in [-0.3, -0.25) is 19.7 Å². The van der Waals surface area contributed by atoms with E-state index in [1.165, 1.54) is 6.92 Å². The van der Waals surface area contributed by atoms with Gasteiger partial charge in [-0.25, -0.2) is 4.79 Å². The predicted molar refractivity (Wildman–Crippen MR) is 85.3 cm³/mol. The monoisotopic (exact) mass is 330 g/mol. The zero-order valence-electron chi connectivity index (χ0n) is 13.2. The number of nitrogens with zero attached hydrogens (tertiary/aromatic N) is 1. The molecule has 2 heterocycles. The fraction of sp³-hybridized carbons (Fsp3) is 0.375. The molecule has 126 valence electrons. The molecule has 0 saturated carbocycles. The molecular weight excluding hydrogens is 312 g/mol. The number of carbonyl (C=O) groups excluding carboxylic acids is 4. The Bertz CT molecular complexity index is 723. The highest BCUT2D eigenvalue weighted by Crippen LogP contribution is 2.26. The van der Waals surface area contributed by atoms with Crippen molar-refractivity contribution in [1.29, 1.82) is 0 Å². The molecule has 2 aliphatic heterocycles. The Morgan fingerprint density at radius 2 is 1.92 bits per heavy atom. The smallest absolute Gasteiger partial charge is 0.322 e. The third-order valence-electron chi connectivity index (χ3n) is 4.35. The highest BCUT2D eigenvalue weighted by atomic mass is 16.2. The summed E-state index contributed by atoms with van der Waals surface area (Å²) < 4.78 is 0. The average molecular weight is 330 g/mol. The van der Waals surface area contributed by atoms with Gasteiger partial charge in [0.25, 0.3) is 11.8 Å². The van der Waals surface area contributed by atoms with Crippen molar-refractivity contribution in [3.8, 4) is 0 Å². The molecule has 2 saturated heterocycles. The van der Waals surface area contributed by atoms with Gasteiger partial charge in [-0.15, -0.1) is 0 Å². The zero-order valence-corrected chi connectivity index (χ0v) is 13.2. The number of carbonyl (C=O) groups is 4. The normalized spacial score (nSPS) is 19.0. The number of imide groups is 1. The second kappa shape index (κ2) is 5.95. The summed E-state index contributed by atoms with van der Waals surface area (Å²) in [5.41, 5.74) is 0.132. The number of anilines is 1. The summed E-state index contributed by atoms with van der Waals surface area (Å²) in [6.07, 6.45) is 0.753. The van der Waals surface area contributed by atoms with Crippen molar-refractivity contribution in [2.24, 2.45) is 0 Å². The number of nitrogens with one attached hydrogen (secondary N) is 3. The molecule has 24 heavy (non-hydrogen) atoms. The minimum absolute atomic E-state index is 0.165. The van der Waals surface area contributed by atoms with E-state index in [2.05, 4.69) is 16.0 Å². The van der Waals surface area contributed by atoms with E-state index < -0.39 is 11.6 Å². The lowest BCUT2D eigenvalue weighted by Gasteiger charge is -2.37. The number of amides is 5. The second-order valence-corrected chi connectivity index (χ2v) is 6.04. The van der Waals surface area contributed by atoms with Crippen LogP contribution in [-0.2, 0) is 9.59 Å². The third-order valence-corrected chi connectivity index (χ3v) is 4.35. The summed E-state index contributed by atoms with van der Waals surface area (Å²) in [5.74, 6) is -0.698. The Labute approximate surface area is 138 Å². The highest BCUT2D eigenvalue weighted by Gasteiger charge is 2.48. The van der Waals surface area contributed by atoms with Crippen molar-refractivity contribution in [2.45, 2.75) is 25.3 Å². The number of hydrogen-bond acceptors (Lipinski definition) is 4. The van der Waals surface area contributed by atoms with Gasteiger partial charge in [0.2, 0.25) is 5.91 Å². The Morgan fingerprint density at radius 1 is 1.21 bits per heavy atom. The lowest BCUT2D eigenvalue weighted by molar-refractivity contribution is -0.125. The fourth-order valence-electron chi connectivity index (χ4n) is 3.09. The van der Waals surface area contributed by atoms with E-state index in [0.717, 1.165) is 0 Å². The van der Waals surface area contributed by atoms with Crippen molar-refractivity contribution in [3.63, 3.8) is 0 Å². The first kappa shape index (κ1) is 16.0. The number of hydrogen-bond donors (Lipinski definition) is 3. The molecule has 3 rings (SSSR count). The van der Waals surface area contributed by atoms with Crippen LogP contribution >= 0.6 is 0 Å². The van der Waals surface area contributed by atoms with Gasteiger partial charge < -0.3 is 15.5 Å². The molecule has 2 fully saturated rings. The molecule has 5 amide bonds. The number of rotatable bonds is 2. The lowest BCUT2D eigenvalue weighted by Crippen LogP contribution is -2.55. The summed E-state index contributed by atoms with van der Waals surface area (Å²) in [6, 6.07) is 6.24. The lowest BCUT2D eigenvalue weighted by atomic mass is 9.87. The Morgan fingerprint density at radius 3 is 2.50 bits per heavy atom. The first-order chi connectivity index (χ1) is 11.4. The van der Waals surface area contributed by atoms with Crippen LogP contribution in [0.5, 0.6) is 0 Å². The summed E-state index contributed by atoms with van der Waals surface area (Å²) in [7, 11) is 0. The molecule has 0 unspecified atom stereocenters. The van der Waals surface area contributed by atoms with Crippen LogP contribution in [0.3, 0.4) is 0 Å². The van der Waals surface area contributed by atoms with E-state index in [-0.39, 0.29) is 17.7 Å². The standard InChI is InChI=1S/C16H18N4O4/c1-10(21)17-12-4-2-3-11(9-12)13(22)20-7-5-16(6-8-20)14(23)18-15(24)19-16/h2-4,9H,5-8H2,1H3,(H,17,21)(H2,18,19,23,24). The molecule has 0 bridgehead atoms. The van der Waals surface area contributed by atoms with E-state index in [1.807, 2.05) is 0 Å². The number of likely N-dealkylation sites (tertiary alicyclic amines) is 1. The predicted octanol–water partition coefficient (Wildman–Crippen LogP) is 0.459. The molecule has 1 spiro atoms. The van der Waals surface area contributed by atoms with Crippen LogP contribution in [0.25, 0.3) is 0 Å². The maximum Gasteiger partial charge on any atom is 0.322 e. The van der Waals surface area contributed by atoms with Crippen LogP contribution < -0.4 is 16.0 Å². The van der Waals surface area contributed by atoms with E-state index in [4.69, 9.17) is 0 Å². The maximum absolute atomic E-state index is 12.6. The van der Waals surface area contributed by atoms with Crippen LogP contribution in [0.15, 0.2) is 24.3 Å². The van der Waals surface area contributed by atoms with Crippen LogP contribution in [-0.4, -0.2) is 47.3 Å². The minimum atomic E-state index is -0.897. The van der Waals surface area contributed by atoms with E-state index >= 15 is 0 Å². The highest BCUT2D eigenvalue weighted by molar-refractivity contribution is 6.07. The molecule has 1 aromatic carbocycles. The topological polar surface area (TPSA) is 108 Å². The summed E-state index contributed by atoms with van der Waals surface area (Å²) in [4.78, 5) is 48.6. The molecule has 8 heteroatoms. The molecule has 2 aliphatic rings. The largest absolute Gasteiger partial charge is 0.338 e. The van der Waals surface area contributed by atoms with Gasteiger partial charge in [0, 0.05) is 31.3 Å².